The van der Waals surface area contributed by atoms with Crippen LogP contribution >= 0.6 is 0 Å². The Kier molecular flexibility index (Phi) is 7.45. The molecule has 0 aromatic carbocycles. The molecule has 5 heteroatoms. The van der Waals surface area contributed by atoms with Crippen molar-refractivity contribution in [1.82, 2.24) is 16.0 Å². The minimum absolute atomic E-state index is 0.186. The summed E-state index contributed by atoms with van der Waals surface area (Å²) in [6.07, 6.45) is 3.23. The molecule has 0 saturated heterocycles. The summed E-state index contributed by atoms with van der Waals surface area (Å²) in [7, 11) is 3.31. The number of rotatable bonds is 6. The van der Waals surface area contributed by atoms with E-state index < -0.39 is 0 Å². The summed E-state index contributed by atoms with van der Waals surface area (Å²) in [6.45, 7) is 3.51. The van der Waals surface area contributed by atoms with Crippen LogP contribution in [0.2, 0.25) is 0 Å². The lowest BCUT2D eigenvalue weighted by Gasteiger charge is -2.00. The van der Waals surface area contributed by atoms with Gasteiger partial charge in [0.1, 0.15) is 5.70 Å². The summed E-state index contributed by atoms with van der Waals surface area (Å²) in [6, 6.07) is 0. The van der Waals surface area contributed by atoms with Crippen LogP contribution in [0.15, 0.2) is 16.8 Å². The third-order valence-corrected chi connectivity index (χ3v) is 1.48. The molecule has 0 saturated carbocycles. The third kappa shape index (κ3) is 5.31. The van der Waals surface area contributed by atoms with Crippen molar-refractivity contribution in [3.05, 3.63) is 11.8 Å². The number of nitrogens with one attached hydrogen (secondary N) is 3. The van der Waals surface area contributed by atoms with Gasteiger partial charge in [0.05, 0.1) is 6.34 Å². The van der Waals surface area contributed by atoms with E-state index in [2.05, 4.69) is 20.9 Å². The molecule has 0 heterocycles. The van der Waals surface area contributed by atoms with Gasteiger partial charge in [-0.3, -0.25) is 4.79 Å². The Hall–Kier alpha value is -1.36. The Balaban J connectivity index is 4.30. The molecule has 0 bridgehead atoms. The van der Waals surface area contributed by atoms with E-state index in [9.17, 15) is 4.79 Å². The van der Waals surface area contributed by atoms with E-state index in [1.165, 1.54) is 6.34 Å². The molecule has 0 aromatic heterocycles. The highest BCUT2D eigenvalue weighted by molar-refractivity contribution is 5.94. The summed E-state index contributed by atoms with van der Waals surface area (Å²) in [4.78, 5) is 15.2. The van der Waals surface area contributed by atoms with Crippen molar-refractivity contribution in [3.63, 3.8) is 0 Å². The quantitative estimate of drug-likeness (QED) is 0.233. The Labute approximate surface area is 84.7 Å². The van der Waals surface area contributed by atoms with Crippen molar-refractivity contribution in [2.24, 2.45) is 4.99 Å². The molecular weight excluding hydrogens is 180 g/mol. The fourth-order valence-corrected chi connectivity index (χ4v) is 0.779. The fraction of sp³-hybridized carbons (Fsp3) is 0.556. The highest BCUT2D eigenvalue weighted by Gasteiger charge is 2.03. The summed E-state index contributed by atoms with van der Waals surface area (Å²) in [5.41, 5.74) is 0.405. The first-order chi connectivity index (χ1) is 6.76. The lowest BCUT2D eigenvalue weighted by atomic mass is 10.3. The van der Waals surface area contributed by atoms with Gasteiger partial charge in [-0.1, -0.05) is 6.92 Å². The van der Waals surface area contributed by atoms with Gasteiger partial charge in [-0.2, -0.15) is 0 Å². The van der Waals surface area contributed by atoms with Gasteiger partial charge in [0.15, 0.2) is 0 Å². The topological polar surface area (TPSA) is 65.5 Å². The molecule has 0 aromatic rings. The van der Waals surface area contributed by atoms with Crippen LogP contribution in [0.1, 0.15) is 6.92 Å². The zero-order chi connectivity index (χ0) is 10.8. The van der Waals surface area contributed by atoms with Gasteiger partial charge in [-0.15, -0.1) is 0 Å². The molecule has 5 nitrogen and oxygen atoms in total. The van der Waals surface area contributed by atoms with Gasteiger partial charge >= 0.3 is 0 Å². The zero-order valence-corrected chi connectivity index (χ0v) is 8.92. The normalized spacial score (nSPS) is 11.8. The summed E-state index contributed by atoms with van der Waals surface area (Å²) in [5, 5.41) is 8.34. The average Bonchev–Trinajstić information content (AvgIpc) is 2.22. The fourth-order valence-electron chi connectivity index (χ4n) is 0.779. The monoisotopic (exact) mass is 198 g/mol. The van der Waals surface area contributed by atoms with Crippen LogP contribution in [0.25, 0.3) is 0 Å². The standard InChI is InChI=1S/C9H18N4O/c1-4-12-6-5-8(9(14)11-3)13-7-10-2/h5,7,12H,4,6H2,1-3H3,(H,10,13)(H,11,14)/b8-5-. The average molecular weight is 198 g/mol. The molecule has 0 fully saturated rings. The highest BCUT2D eigenvalue weighted by Crippen LogP contribution is 1.94. The molecule has 0 radical (unpaired) electrons. The second kappa shape index (κ2) is 8.25. The van der Waals surface area contributed by atoms with Crippen molar-refractivity contribution in [1.29, 1.82) is 0 Å². The predicted octanol–water partition coefficient (Wildman–Crippen LogP) is -0.526. The van der Waals surface area contributed by atoms with Crippen molar-refractivity contribution in [2.75, 3.05) is 27.2 Å². The number of likely N-dealkylation sites (N-methyl/N-ethyl adjacent to an activating group) is 2. The number of aliphatic imine (C=N–C) groups is 1. The van der Waals surface area contributed by atoms with Gasteiger partial charge in [-0.05, 0) is 12.6 Å². The largest absolute Gasteiger partial charge is 0.379 e. The first-order valence-electron chi connectivity index (χ1n) is 4.59. The summed E-state index contributed by atoms with van der Waals surface area (Å²) < 4.78 is 0. The molecule has 0 spiro atoms. The summed E-state index contributed by atoms with van der Waals surface area (Å²) >= 11 is 0. The van der Waals surface area contributed by atoms with E-state index in [4.69, 9.17) is 0 Å². The second-order valence-corrected chi connectivity index (χ2v) is 2.52. The van der Waals surface area contributed by atoms with Gasteiger partial charge < -0.3 is 16.0 Å². The van der Waals surface area contributed by atoms with E-state index in [1.54, 1.807) is 20.2 Å². The minimum atomic E-state index is -0.186. The molecule has 1 amide bonds. The SMILES string of the molecule is CCNC/C=C(\N=C/NC)C(=O)NC. The zero-order valence-electron chi connectivity index (χ0n) is 8.92. The molecule has 0 aliphatic carbocycles. The molecule has 0 atom stereocenters. The Morgan fingerprint density at radius 2 is 2.14 bits per heavy atom. The van der Waals surface area contributed by atoms with E-state index in [0.29, 0.717) is 12.2 Å². The van der Waals surface area contributed by atoms with Crippen LogP contribution in [0, 0.1) is 0 Å². The Morgan fingerprint density at radius 3 is 2.64 bits per heavy atom. The van der Waals surface area contributed by atoms with E-state index in [-0.39, 0.29) is 5.91 Å². The van der Waals surface area contributed by atoms with Crippen LogP contribution in [-0.2, 0) is 4.79 Å². The molecule has 3 N–H and O–H groups in total. The Bertz CT molecular complexity index is 223. The summed E-state index contributed by atoms with van der Waals surface area (Å²) in [5.74, 6) is -0.186. The number of nitrogens with zero attached hydrogens (tertiary/aromatic N) is 1. The van der Waals surface area contributed by atoms with Crippen molar-refractivity contribution < 1.29 is 4.79 Å². The van der Waals surface area contributed by atoms with Crippen molar-refractivity contribution in [3.8, 4) is 0 Å². The molecule has 0 aliphatic heterocycles. The predicted molar refractivity (Wildman–Crippen MR) is 58.2 cm³/mol. The first-order valence-corrected chi connectivity index (χ1v) is 4.59. The minimum Gasteiger partial charge on any atom is -0.379 e. The first kappa shape index (κ1) is 12.6. The smallest absolute Gasteiger partial charge is 0.269 e. The van der Waals surface area contributed by atoms with Crippen LogP contribution < -0.4 is 16.0 Å². The molecular formula is C9H18N4O. The van der Waals surface area contributed by atoms with E-state index >= 15 is 0 Å². The molecule has 14 heavy (non-hydrogen) atoms. The maximum Gasteiger partial charge on any atom is 0.269 e. The lowest BCUT2D eigenvalue weighted by molar-refractivity contribution is -0.117. The third-order valence-electron chi connectivity index (χ3n) is 1.48. The second-order valence-electron chi connectivity index (χ2n) is 2.52. The number of amides is 1. The van der Waals surface area contributed by atoms with Gasteiger partial charge in [0.25, 0.3) is 5.91 Å². The number of carbonyl (C=O) groups is 1. The molecule has 0 aliphatic rings. The maximum atomic E-state index is 11.3. The van der Waals surface area contributed by atoms with E-state index in [0.717, 1.165) is 6.54 Å². The number of carbonyl (C=O) groups excluding carboxylic acids is 1. The maximum absolute atomic E-state index is 11.3. The van der Waals surface area contributed by atoms with Gasteiger partial charge in [0.2, 0.25) is 0 Å². The molecule has 0 rings (SSSR count). The lowest BCUT2D eigenvalue weighted by Crippen LogP contribution is -2.21. The number of hydrogen-bond acceptors (Lipinski definition) is 3. The van der Waals surface area contributed by atoms with Crippen LogP contribution in [-0.4, -0.2) is 39.4 Å². The van der Waals surface area contributed by atoms with Gasteiger partial charge in [-0.25, -0.2) is 4.99 Å². The Morgan fingerprint density at radius 1 is 1.43 bits per heavy atom. The number of hydrogen-bond donors (Lipinski definition) is 3. The molecule has 0 unspecified atom stereocenters. The molecule has 80 valence electrons. The van der Waals surface area contributed by atoms with Crippen molar-refractivity contribution >= 4 is 12.2 Å². The van der Waals surface area contributed by atoms with Crippen molar-refractivity contribution in [2.45, 2.75) is 6.92 Å². The van der Waals surface area contributed by atoms with Crippen LogP contribution in [0.3, 0.4) is 0 Å². The van der Waals surface area contributed by atoms with Crippen LogP contribution in [0.5, 0.6) is 0 Å². The highest BCUT2D eigenvalue weighted by atomic mass is 16.1. The van der Waals surface area contributed by atoms with Crippen LogP contribution in [0.4, 0.5) is 0 Å². The van der Waals surface area contributed by atoms with Gasteiger partial charge in [0, 0.05) is 20.6 Å². The van der Waals surface area contributed by atoms with E-state index in [1.807, 2.05) is 6.92 Å².